The zero-order valence-electron chi connectivity index (χ0n) is 9.34. The van der Waals surface area contributed by atoms with E-state index in [1.165, 1.54) is 17.3 Å². The molecule has 1 aromatic carbocycles. The van der Waals surface area contributed by atoms with Gasteiger partial charge in [0, 0.05) is 11.1 Å². The van der Waals surface area contributed by atoms with Crippen LogP contribution in [0.4, 0.5) is 0 Å². The minimum atomic E-state index is -0.0431. The normalized spacial score (nSPS) is 10.2. The van der Waals surface area contributed by atoms with Crippen LogP contribution in [0.15, 0.2) is 46.6 Å². The molecule has 86 valence electrons. The molecule has 2 rings (SSSR count). The molecule has 4 nitrogen and oxygen atoms in total. The van der Waals surface area contributed by atoms with Gasteiger partial charge < -0.3 is 5.73 Å². The lowest BCUT2D eigenvalue weighted by molar-refractivity contribution is 0.954. The number of benzene rings is 1. The first-order chi connectivity index (χ1) is 8.15. The van der Waals surface area contributed by atoms with Gasteiger partial charge in [0.15, 0.2) is 5.16 Å². The number of aromatic nitrogens is 2. The molecule has 0 radical (unpaired) electrons. The second-order valence-corrected chi connectivity index (χ2v) is 4.60. The van der Waals surface area contributed by atoms with Gasteiger partial charge in [0.1, 0.15) is 11.5 Å². The van der Waals surface area contributed by atoms with Gasteiger partial charge in [0.2, 0.25) is 0 Å². The van der Waals surface area contributed by atoms with Crippen molar-refractivity contribution >= 4 is 17.6 Å². The van der Waals surface area contributed by atoms with Crippen molar-refractivity contribution in [3.63, 3.8) is 0 Å². The quantitative estimate of drug-likeness (QED) is 0.493. The van der Waals surface area contributed by atoms with Crippen LogP contribution in [0, 0.1) is 12.3 Å². The molecule has 5 heteroatoms. The van der Waals surface area contributed by atoms with Crippen LogP contribution in [0.2, 0.25) is 0 Å². The summed E-state index contributed by atoms with van der Waals surface area (Å²) in [7, 11) is 0. The number of nitrogen functional groups attached to an aromatic ring is 1. The van der Waals surface area contributed by atoms with Crippen molar-refractivity contribution in [3.05, 3.63) is 47.8 Å². The Morgan fingerprint density at radius 2 is 2.18 bits per heavy atom. The number of nitrogens with zero attached hydrogens (tertiary/aromatic N) is 2. The maximum Gasteiger partial charge on any atom is 0.193 e. The molecule has 0 bridgehead atoms. The number of rotatable bonds is 3. The van der Waals surface area contributed by atoms with Gasteiger partial charge in [-0.15, -0.1) is 0 Å². The lowest BCUT2D eigenvalue weighted by Gasteiger charge is -2.02. The fourth-order valence-corrected chi connectivity index (χ4v) is 2.18. The molecule has 0 unspecified atom stereocenters. The summed E-state index contributed by atoms with van der Waals surface area (Å²) in [6.45, 7) is 2.04. The highest BCUT2D eigenvalue weighted by Crippen LogP contribution is 2.24. The van der Waals surface area contributed by atoms with Gasteiger partial charge in [-0.3, -0.25) is 5.41 Å². The highest BCUT2D eigenvalue weighted by molar-refractivity contribution is 7.99. The summed E-state index contributed by atoms with van der Waals surface area (Å²) < 4.78 is 0. The van der Waals surface area contributed by atoms with E-state index in [4.69, 9.17) is 11.1 Å². The summed E-state index contributed by atoms with van der Waals surface area (Å²) in [5, 5.41) is 7.92. The molecule has 0 aliphatic carbocycles. The van der Waals surface area contributed by atoms with E-state index in [1.807, 2.05) is 25.1 Å². The van der Waals surface area contributed by atoms with Crippen molar-refractivity contribution in [3.8, 4) is 0 Å². The smallest absolute Gasteiger partial charge is 0.193 e. The molecule has 0 atom stereocenters. The Bertz CT molecular complexity index is 554. The first-order valence-corrected chi connectivity index (χ1v) is 5.89. The van der Waals surface area contributed by atoms with Crippen molar-refractivity contribution in [2.75, 3.05) is 0 Å². The average molecular weight is 244 g/mol. The van der Waals surface area contributed by atoms with Crippen molar-refractivity contribution < 1.29 is 0 Å². The maximum atomic E-state index is 7.32. The van der Waals surface area contributed by atoms with Crippen LogP contribution in [0.5, 0.6) is 0 Å². The van der Waals surface area contributed by atoms with Gasteiger partial charge in [0.05, 0.1) is 0 Å². The number of nitrogens with one attached hydrogen (secondary N) is 1. The lowest BCUT2D eigenvalue weighted by atomic mass is 10.2. The Hall–Kier alpha value is -1.88. The van der Waals surface area contributed by atoms with Crippen LogP contribution >= 0.6 is 11.8 Å². The SMILES string of the molecule is Cc1cccc(Sc2nccc(C(=N)N)n2)c1. The topological polar surface area (TPSA) is 75.7 Å². The highest BCUT2D eigenvalue weighted by atomic mass is 32.2. The second kappa shape index (κ2) is 4.97. The Labute approximate surface area is 104 Å². The minimum absolute atomic E-state index is 0.0431. The van der Waals surface area contributed by atoms with Crippen LogP contribution in [0.3, 0.4) is 0 Å². The van der Waals surface area contributed by atoms with Crippen LogP contribution in [0.25, 0.3) is 0 Å². The molecule has 0 fully saturated rings. The lowest BCUT2D eigenvalue weighted by Crippen LogP contribution is -2.13. The van der Waals surface area contributed by atoms with E-state index in [1.54, 1.807) is 12.3 Å². The van der Waals surface area contributed by atoms with E-state index in [2.05, 4.69) is 16.0 Å². The van der Waals surface area contributed by atoms with Gasteiger partial charge >= 0.3 is 0 Å². The highest BCUT2D eigenvalue weighted by Gasteiger charge is 2.03. The molecule has 2 aromatic rings. The first-order valence-electron chi connectivity index (χ1n) is 5.07. The van der Waals surface area contributed by atoms with Gasteiger partial charge in [-0.25, -0.2) is 9.97 Å². The molecule has 1 heterocycles. The second-order valence-electron chi connectivity index (χ2n) is 3.56. The van der Waals surface area contributed by atoms with Crippen LogP contribution in [-0.2, 0) is 0 Å². The molecule has 1 aromatic heterocycles. The molecule has 0 spiro atoms. The summed E-state index contributed by atoms with van der Waals surface area (Å²) >= 11 is 1.46. The van der Waals surface area contributed by atoms with E-state index >= 15 is 0 Å². The Morgan fingerprint density at radius 1 is 1.35 bits per heavy atom. The Balaban J connectivity index is 2.24. The van der Waals surface area contributed by atoms with Crippen molar-refractivity contribution in [2.24, 2.45) is 5.73 Å². The molecule has 3 N–H and O–H groups in total. The molecular formula is C12H12N4S. The minimum Gasteiger partial charge on any atom is -0.382 e. The fourth-order valence-electron chi connectivity index (χ4n) is 1.32. The molecule has 0 amide bonds. The van der Waals surface area contributed by atoms with Crippen molar-refractivity contribution in [1.29, 1.82) is 5.41 Å². The van der Waals surface area contributed by atoms with Crippen LogP contribution in [-0.4, -0.2) is 15.8 Å². The number of nitrogens with two attached hydrogens (primary N) is 1. The molecule has 0 aliphatic heterocycles. The maximum absolute atomic E-state index is 7.32. The molecule has 0 saturated carbocycles. The average Bonchev–Trinajstić information content (AvgIpc) is 2.29. The first kappa shape index (κ1) is 11.6. The monoisotopic (exact) mass is 244 g/mol. The number of hydrogen-bond acceptors (Lipinski definition) is 4. The third-order valence-corrected chi connectivity index (χ3v) is 2.98. The van der Waals surface area contributed by atoms with Gasteiger partial charge in [-0.2, -0.15) is 0 Å². The van der Waals surface area contributed by atoms with Crippen LogP contribution in [0.1, 0.15) is 11.3 Å². The molecule has 0 saturated heterocycles. The molecule has 0 aliphatic rings. The standard InChI is InChI=1S/C12H12N4S/c1-8-3-2-4-9(7-8)17-12-15-6-5-10(16-12)11(13)14/h2-7H,1H3,(H3,13,14). The predicted molar refractivity (Wildman–Crippen MR) is 68.4 cm³/mol. The fraction of sp³-hybridized carbons (Fsp3) is 0.0833. The largest absolute Gasteiger partial charge is 0.382 e. The van der Waals surface area contributed by atoms with E-state index < -0.39 is 0 Å². The summed E-state index contributed by atoms with van der Waals surface area (Å²) in [5.74, 6) is -0.0431. The zero-order chi connectivity index (χ0) is 12.3. The third-order valence-electron chi connectivity index (χ3n) is 2.11. The van der Waals surface area contributed by atoms with Crippen molar-refractivity contribution in [1.82, 2.24) is 9.97 Å². The third kappa shape index (κ3) is 3.04. The molecule has 17 heavy (non-hydrogen) atoms. The summed E-state index contributed by atoms with van der Waals surface area (Å²) in [4.78, 5) is 9.42. The summed E-state index contributed by atoms with van der Waals surface area (Å²) in [6.07, 6.45) is 1.61. The van der Waals surface area contributed by atoms with Gasteiger partial charge in [-0.1, -0.05) is 17.7 Å². The predicted octanol–water partition coefficient (Wildman–Crippen LogP) is 2.22. The number of amidine groups is 1. The number of hydrogen-bond donors (Lipinski definition) is 2. The zero-order valence-corrected chi connectivity index (χ0v) is 10.2. The summed E-state index contributed by atoms with van der Waals surface area (Å²) in [6, 6.07) is 9.72. The Morgan fingerprint density at radius 3 is 2.88 bits per heavy atom. The van der Waals surface area contributed by atoms with E-state index in [0.717, 1.165) is 4.90 Å². The Kier molecular flexibility index (Phi) is 3.39. The van der Waals surface area contributed by atoms with Gasteiger partial charge in [-0.05, 0) is 36.9 Å². The van der Waals surface area contributed by atoms with E-state index in [9.17, 15) is 0 Å². The van der Waals surface area contributed by atoms with E-state index in [0.29, 0.717) is 10.9 Å². The van der Waals surface area contributed by atoms with Crippen LogP contribution < -0.4 is 5.73 Å². The van der Waals surface area contributed by atoms with E-state index in [-0.39, 0.29) is 5.84 Å². The van der Waals surface area contributed by atoms with Crippen molar-refractivity contribution in [2.45, 2.75) is 17.0 Å². The van der Waals surface area contributed by atoms with Gasteiger partial charge in [0.25, 0.3) is 0 Å². The molecular weight excluding hydrogens is 232 g/mol. The summed E-state index contributed by atoms with van der Waals surface area (Å²) in [5.41, 5.74) is 7.03. The number of aryl methyl sites for hydroxylation is 1.